The number of nitrogens with one attached hydrogen (secondary N) is 3. The SMILES string of the molecule is CC(C)[C@@H]1NC(=O)c2cc(ccc2O)Oc2ccc(cc2)C[C@@H](C(=O)N(C)Cc2cc(-c3ccccn3)no2)NC(=O)[C@H](C)NC1=O. The summed E-state index contributed by atoms with van der Waals surface area (Å²) >= 11 is 0. The molecule has 4 amide bonds. The zero-order chi connectivity index (χ0) is 33.7. The topological polar surface area (TPSA) is 176 Å². The van der Waals surface area contributed by atoms with Crippen LogP contribution in [0.25, 0.3) is 11.4 Å². The minimum absolute atomic E-state index is 0.0757. The van der Waals surface area contributed by atoms with Crippen molar-refractivity contribution in [3.05, 3.63) is 89.8 Å². The van der Waals surface area contributed by atoms with Crippen LogP contribution in [-0.2, 0) is 27.3 Å². The molecule has 0 radical (unpaired) electrons. The largest absolute Gasteiger partial charge is 0.507 e. The van der Waals surface area contributed by atoms with Gasteiger partial charge < -0.3 is 35.2 Å². The molecule has 2 aliphatic heterocycles. The number of ether oxygens (including phenoxy) is 1. The molecule has 2 aromatic heterocycles. The highest BCUT2D eigenvalue weighted by molar-refractivity contribution is 6.00. The normalized spacial score (nSPS) is 18.7. The Morgan fingerprint density at radius 3 is 2.40 bits per heavy atom. The van der Waals surface area contributed by atoms with Gasteiger partial charge >= 0.3 is 0 Å². The van der Waals surface area contributed by atoms with Crippen molar-refractivity contribution in [1.82, 2.24) is 31.0 Å². The summed E-state index contributed by atoms with van der Waals surface area (Å²) in [4.78, 5) is 59.3. The van der Waals surface area contributed by atoms with Gasteiger partial charge in [0.25, 0.3) is 5.91 Å². The molecule has 2 aromatic carbocycles. The quantitative estimate of drug-likeness (QED) is 0.239. The molecule has 3 atom stereocenters. The number of aromatic nitrogens is 2. The minimum Gasteiger partial charge on any atom is -0.507 e. The first kappa shape index (κ1) is 32.7. The van der Waals surface area contributed by atoms with Crippen molar-refractivity contribution in [3.63, 3.8) is 0 Å². The molecular formula is C34H36N6O7. The predicted molar refractivity (Wildman–Crippen MR) is 170 cm³/mol. The molecule has 6 rings (SSSR count). The standard InChI is InChI=1S/C34H36N6O7/c1-19(2)30-33(44)36-20(3)31(42)37-28(34(45)40(4)18-24-17-27(39-47-24)26-7-5-6-14-35-26)15-21-8-10-22(11-9-21)46-23-12-13-29(41)25(16-23)32(43)38-30/h5-14,16-17,19-20,28,30,41H,15,18H2,1-4H3,(H,36,44)(H,37,42)(H,38,43)/t20-,28-,30-/m0/s1. The second-order valence-corrected chi connectivity index (χ2v) is 11.7. The van der Waals surface area contributed by atoms with Crippen molar-refractivity contribution in [3.8, 4) is 28.6 Å². The van der Waals surface area contributed by atoms with Crippen LogP contribution in [0, 0.1) is 5.92 Å². The number of rotatable bonds is 5. The van der Waals surface area contributed by atoms with Crippen molar-refractivity contribution in [2.24, 2.45) is 5.92 Å². The summed E-state index contributed by atoms with van der Waals surface area (Å²) in [6, 6.07) is 15.2. The highest BCUT2D eigenvalue weighted by atomic mass is 16.5. The number of aromatic hydroxyl groups is 1. The molecular weight excluding hydrogens is 604 g/mol. The van der Waals surface area contributed by atoms with Gasteiger partial charge in [-0.05, 0) is 60.9 Å². The number of carbonyl (C=O) groups excluding carboxylic acids is 4. The summed E-state index contributed by atoms with van der Waals surface area (Å²) in [6.45, 7) is 5.05. The number of phenols is 1. The first-order chi connectivity index (χ1) is 22.5. The van der Waals surface area contributed by atoms with Gasteiger partial charge in [-0.25, -0.2) is 0 Å². The van der Waals surface area contributed by atoms with Crippen molar-refractivity contribution < 1.29 is 33.5 Å². The van der Waals surface area contributed by atoms with Crippen LogP contribution in [0.15, 0.2) is 77.4 Å². The summed E-state index contributed by atoms with van der Waals surface area (Å²) in [7, 11) is 1.59. The fraction of sp³-hybridized carbons (Fsp3) is 0.294. The molecule has 4 heterocycles. The van der Waals surface area contributed by atoms with E-state index in [1.807, 2.05) is 6.07 Å². The minimum atomic E-state index is -1.05. The zero-order valence-corrected chi connectivity index (χ0v) is 26.4. The van der Waals surface area contributed by atoms with E-state index in [0.29, 0.717) is 28.6 Å². The molecule has 0 unspecified atom stereocenters. The Kier molecular flexibility index (Phi) is 9.83. The summed E-state index contributed by atoms with van der Waals surface area (Å²) in [5.41, 5.74) is 1.80. The van der Waals surface area contributed by atoms with E-state index in [4.69, 9.17) is 9.26 Å². The average Bonchev–Trinajstić information content (AvgIpc) is 3.52. The maximum absolute atomic E-state index is 13.8. The Hall–Kier alpha value is -5.72. The lowest BCUT2D eigenvalue weighted by Gasteiger charge is -2.27. The Labute approximate surface area is 271 Å². The van der Waals surface area contributed by atoms with E-state index in [2.05, 4.69) is 26.1 Å². The van der Waals surface area contributed by atoms with Gasteiger partial charge in [-0.15, -0.1) is 0 Å². The molecule has 4 bridgehead atoms. The van der Waals surface area contributed by atoms with Crippen molar-refractivity contribution in [1.29, 1.82) is 0 Å². The second-order valence-electron chi connectivity index (χ2n) is 11.7. The number of carbonyl (C=O) groups is 4. The molecule has 0 fully saturated rings. The van der Waals surface area contributed by atoms with Gasteiger partial charge in [0.2, 0.25) is 17.7 Å². The monoisotopic (exact) mass is 640 g/mol. The van der Waals surface area contributed by atoms with Gasteiger partial charge in [-0.2, -0.15) is 0 Å². The smallest absolute Gasteiger partial charge is 0.255 e. The Balaban J connectivity index is 1.41. The van der Waals surface area contributed by atoms with Crippen LogP contribution >= 0.6 is 0 Å². The molecule has 0 spiro atoms. The van der Waals surface area contributed by atoms with Gasteiger partial charge in [0.1, 0.15) is 41.1 Å². The van der Waals surface area contributed by atoms with E-state index in [-0.39, 0.29) is 30.2 Å². The van der Waals surface area contributed by atoms with E-state index >= 15 is 0 Å². The molecule has 13 heteroatoms. The highest BCUT2D eigenvalue weighted by Crippen LogP contribution is 2.28. The molecule has 244 valence electrons. The van der Waals surface area contributed by atoms with Crippen LogP contribution in [0.2, 0.25) is 0 Å². The molecule has 0 saturated carbocycles. The fourth-order valence-corrected chi connectivity index (χ4v) is 5.05. The van der Waals surface area contributed by atoms with Crippen LogP contribution in [-0.4, -0.2) is 68.9 Å². The van der Waals surface area contributed by atoms with Crippen LogP contribution < -0.4 is 20.7 Å². The third-order valence-corrected chi connectivity index (χ3v) is 7.67. The number of fused-ring (bicyclic) bond motifs is 11. The van der Waals surface area contributed by atoms with E-state index in [0.717, 1.165) is 5.56 Å². The summed E-state index contributed by atoms with van der Waals surface area (Å²) < 4.78 is 11.4. The maximum Gasteiger partial charge on any atom is 0.255 e. The fourth-order valence-electron chi connectivity index (χ4n) is 5.05. The molecule has 47 heavy (non-hydrogen) atoms. The van der Waals surface area contributed by atoms with Gasteiger partial charge in [0, 0.05) is 25.7 Å². The lowest BCUT2D eigenvalue weighted by atomic mass is 10.0. The number of hydrogen-bond acceptors (Lipinski definition) is 9. The number of benzene rings is 2. The van der Waals surface area contributed by atoms with Crippen LogP contribution in [0.4, 0.5) is 0 Å². The third-order valence-electron chi connectivity index (χ3n) is 7.67. The van der Waals surface area contributed by atoms with Crippen molar-refractivity contribution in [2.75, 3.05) is 7.05 Å². The number of amides is 4. The maximum atomic E-state index is 13.8. The van der Waals surface area contributed by atoms with E-state index in [9.17, 15) is 24.3 Å². The molecule has 4 aromatic rings. The zero-order valence-electron chi connectivity index (χ0n) is 26.4. The molecule has 2 aliphatic rings. The molecule has 13 nitrogen and oxygen atoms in total. The molecule has 4 N–H and O–H groups in total. The summed E-state index contributed by atoms with van der Waals surface area (Å²) in [5.74, 6) is -1.77. The first-order valence-corrected chi connectivity index (χ1v) is 15.1. The lowest BCUT2D eigenvalue weighted by molar-refractivity contribution is -0.137. The average molecular weight is 641 g/mol. The van der Waals surface area contributed by atoms with E-state index in [1.54, 1.807) is 69.6 Å². The number of phenolic OH excluding ortho intramolecular Hbond substituents is 1. The second kappa shape index (κ2) is 14.1. The molecule has 0 aliphatic carbocycles. The first-order valence-electron chi connectivity index (χ1n) is 15.1. The lowest BCUT2D eigenvalue weighted by Crippen LogP contribution is -2.57. The highest BCUT2D eigenvalue weighted by Gasteiger charge is 2.31. The van der Waals surface area contributed by atoms with Crippen LogP contribution in [0.3, 0.4) is 0 Å². The van der Waals surface area contributed by atoms with E-state index in [1.165, 1.54) is 30.0 Å². The summed E-state index contributed by atoms with van der Waals surface area (Å²) in [5, 5.41) is 22.5. The molecule has 0 saturated heterocycles. The Morgan fingerprint density at radius 1 is 0.957 bits per heavy atom. The number of likely N-dealkylation sites (N-methyl/N-ethyl adjacent to an activating group) is 1. The van der Waals surface area contributed by atoms with Gasteiger partial charge in [0.05, 0.1) is 17.8 Å². The Morgan fingerprint density at radius 2 is 1.70 bits per heavy atom. The summed E-state index contributed by atoms with van der Waals surface area (Å²) in [6.07, 6.45) is 1.78. The van der Waals surface area contributed by atoms with E-state index < -0.39 is 41.8 Å². The van der Waals surface area contributed by atoms with Crippen LogP contribution in [0.5, 0.6) is 17.2 Å². The number of nitrogens with zero attached hydrogens (tertiary/aromatic N) is 3. The number of hydrogen-bond donors (Lipinski definition) is 4. The third kappa shape index (κ3) is 7.93. The predicted octanol–water partition coefficient (Wildman–Crippen LogP) is 3.19. The van der Waals surface area contributed by atoms with Crippen LogP contribution in [0.1, 0.15) is 42.5 Å². The van der Waals surface area contributed by atoms with Gasteiger partial charge in [-0.1, -0.05) is 37.2 Å². The van der Waals surface area contributed by atoms with Crippen molar-refractivity contribution >= 4 is 23.6 Å². The van der Waals surface area contributed by atoms with Crippen molar-refractivity contribution in [2.45, 2.75) is 51.9 Å². The number of pyridine rings is 1. The van der Waals surface area contributed by atoms with Gasteiger partial charge in [-0.3, -0.25) is 24.2 Å². The van der Waals surface area contributed by atoms with Gasteiger partial charge in [0.15, 0.2) is 5.76 Å². The Bertz CT molecular complexity index is 1760.